The van der Waals surface area contributed by atoms with Crippen molar-refractivity contribution < 1.29 is 8.42 Å². The van der Waals surface area contributed by atoms with Crippen molar-refractivity contribution in [3.63, 3.8) is 0 Å². The van der Waals surface area contributed by atoms with Crippen molar-refractivity contribution in [2.24, 2.45) is 7.05 Å². The molecule has 4 aromatic rings. The molecule has 0 saturated heterocycles. The molecule has 2 aromatic carbocycles. The fraction of sp³-hybridized carbons (Fsp3) is 0.130. The van der Waals surface area contributed by atoms with E-state index in [1.165, 1.54) is 27.5 Å². The Morgan fingerprint density at radius 2 is 1.42 bits per heavy atom. The molecule has 1 aliphatic rings. The van der Waals surface area contributed by atoms with E-state index in [1.807, 2.05) is 0 Å². The van der Waals surface area contributed by atoms with Crippen molar-refractivity contribution in [3.8, 4) is 0 Å². The summed E-state index contributed by atoms with van der Waals surface area (Å²) in [6.07, 6.45) is 2.87. The number of benzene rings is 2. The van der Waals surface area contributed by atoms with E-state index >= 15 is 0 Å². The second-order valence-electron chi connectivity index (χ2n) is 7.76. The summed E-state index contributed by atoms with van der Waals surface area (Å²) in [7, 11) is -2.43. The molecule has 168 valence electrons. The Morgan fingerprint density at radius 3 is 1.97 bits per heavy atom. The molecule has 10 heteroatoms. The van der Waals surface area contributed by atoms with Crippen molar-refractivity contribution >= 4 is 39.0 Å². The van der Waals surface area contributed by atoms with Crippen LogP contribution in [0.1, 0.15) is 23.2 Å². The first-order valence-electron chi connectivity index (χ1n) is 10.0. The number of halogens is 2. The average Bonchev–Trinajstić information content (AvgIpc) is 3.38. The summed E-state index contributed by atoms with van der Waals surface area (Å²) in [4.78, 5) is 17.2. The molecule has 2 aromatic heterocycles. The fourth-order valence-corrected chi connectivity index (χ4v) is 6.09. The molecular weight excluding hydrogens is 483 g/mol. The van der Waals surface area contributed by atoms with Crippen LogP contribution in [0.3, 0.4) is 0 Å². The number of aromatic nitrogens is 3. The predicted octanol–water partition coefficient (Wildman–Crippen LogP) is 4.43. The highest BCUT2D eigenvalue weighted by atomic mass is 35.5. The van der Waals surface area contributed by atoms with Crippen LogP contribution >= 0.6 is 23.2 Å². The number of aryl methyl sites for hydroxylation is 1. The SMILES string of the molecule is Cn1cnc(S(=O)(=O)N2c3cccc(=O)n3[C@@H](c3ccc(Cl)cc3)[C@H]2c2ccc(Cl)cc2)c1. The summed E-state index contributed by atoms with van der Waals surface area (Å²) in [6.45, 7) is 0. The van der Waals surface area contributed by atoms with Gasteiger partial charge in [0.2, 0.25) is 0 Å². The van der Waals surface area contributed by atoms with Crippen molar-refractivity contribution in [2.75, 3.05) is 4.31 Å². The van der Waals surface area contributed by atoms with Crippen molar-refractivity contribution in [1.82, 2.24) is 14.1 Å². The van der Waals surface area contributed by atoms with Gasteiger partial charge in [0, 0.05) is 29.4 Å². The summed E-state index contributed by atoms with van der Waals surface area (Å²) >= 11 is 12.2. The molecule has 3 heterocycles. The van der Waals surface area contributed by atoms with Gasteiger partial charge >= 0.3 is 0 Å². The van der Waals surface area contributed by atoms with Gasteiger partial charge in [-0.3, -0.25) is 9.36 Å². The van der Waals surface area contributed by atoms with Gasteiger partial charge in [0.05, 0.1) is 18.4 Å². The topological polar surface area (TPSA) is 77.2 Å². The van der Waals surface area contributed by atoms with Gasteiger partial charge in [-0.05, 0) is 41.5 Å². The Balaban J connectivity index is 1.81. The van der Waals surface area contributed by atoms with E-state index in [9.17, 15) is 13.2 Å². The molecule has 0 bridgehead atoms. The molecule has 0 fully saturated rings. The lowest BCUT2D eigenvalue weighted by molar-refractivity contribution is 0.528. The lowest BCUT2D eigenvalue weighted by Crippen LogP contribution is -2.34. The number of anilines is 1. The van der Waals surface area contributed by atoms with E-state index in [-0.39, 0.29) is 16.4 Å². The molecule has 2 atom stereocenters. The lowest BCUT2D eigenvalue weighted by atomic mass is 9.94. The van der Waals surface area contributed by atoms with E-state index in [2.05, 4.69) is 4.98 Å². The number of nitrogens with zero attached hydrogens (tertiary/aromatic N) is 4. The number of fused-ring (bicyclic) bond motifs is 1. The summed E-state index contributed by atoms with van der Waals surface area (Å²) < 4.78 is 32.1. The van der Waals surface area contributed by atoms with E-state index in [0.29, 0.717) is 15.6 Å². The second-order valence-corrected chi connectivity index (χ2v) is 10.4. The highest BCUT2D eigenvalue weighted by Gasteiger charge is 2.47. The van der Waals surface area contributed by atoms with Gasteiger partial charge in [0.1, 0.15) is 5.82 Å². The Labute approximate surface area is 200 Å². The van der Waals surface area contributed by atoms with Crippen molar-refractivity contribution in [3.05, 3.63) is 111 Å². The molecule has 0 saturated carbocycles. The predicted molar refractivity (Wildman–Crippen MR) is 127 cm³/mol. The Bertz CT molecular complexity index is 1500. The number of pyridine rings is 1. The van der Waals surface area contributed by atoms with Gasteiger partial charge in [0.25, 0.3) is 15.6 Å². The summed E-state index contributed by atoms with van der Waals surface area (Å²) in [5, 5.41) is 0.954. The molecule has 0 radical (unpaired) electrons. The minimum Gasteiger partial charge on any atom is -0.339 e. The first-order chi connectivity index (χ1) is 15.8. The smallest absolute Gasteiger partial charge is 0.285 e. The normalized spacial score (nSPS) is 17.8. The quantitative estimate of drug-likeness (QED) is 0.415. The van der Waals surface area contributed by atoms with Crippen LogP contribution in [0, 0.1) is 0 Å². The standard InChI is InChI=1S/C23H18Cl2N4O3S/c1-27-13-19(26-14-27)33(31,32)29-20-3-2-4-21(30)28(20)22(15-5-9-17(24)10-6-15)23(29)16-7-11-18(25)12-8-16/h2-14,22-23H,1H3/t22-,23+/m0/s1. The third kappa shape index (κ3) is 3.64. The number of rotatable bonds is 4. The summed E-state index contributed by atoms with van der Waals surface area (Å²) in [6, 6.07) is 17.2. The molecule has 0 unspecified atom stereocenters. The van der Waals surface area contributed by atoms with Gasteiger partial charge < -0.3 is 4.57 Å². The van der Waals surface area contributed by atoms with Crippen molar-refractivity contribution in [2.45, 2.75) is 17.1 Å². The second kappa shape index (κ2) is 8.06. The lowest BCUT2D eigenvalue weighted by Gasteiger charge is -2.28. The summed E-state index contributed by atoms with van der Waals surface area (Å²) in [5.74, 6) is 0.257. The van der Waals surface area contributed by atoms with Crippen LogP contribution in [0.25, 0.3) is 0 Å². The molecule has 7 nitrogen and oxygen atoms in total. The maximum atomic E-state index is 13.9. The monoisotopic (exact) mass is 500 g/mol. The Kier molecular flexibility index (Phi) is 5.31. The minimum atomic E-state index is -4.12. The zero-order valence-electron chi connectivity index (χ0n) is 17.3. The third-order valence-electron chi connectivity index (χ3n) is 5.65. The molecule has 33 heavy (non-hydrogen) atoms. The van der Waals surface area contributed by atoms with Gasteiger partial charge in [-0.15, -0.1) is 0 Å². The van der Waals surface area contributed by atoms with Gasteiger partial charge in [-0.2, -0.15) is 8.42 Å². The highest BCUT2D eigenvalue weighted by molar-refractivity contribution is 7.92. The largest absolute Gasteiger partial charge is 0.339 e. The highest BCUT2D eigenvalue weighted by Crippen LogP contribution is 2.48. The zero-order chi connectivity index (χ0) is 23.3. The molecule has 1 aliphatic heterocycles. The van der Waals surface area contributed by atoms with Crippen LogP contribution in [-0.2, 0) is 17.1 Å². The Morgan fingerprint density at radius 1 is 0.848 bits per heavy atom. The minimum absolute atomic E-state index is 0.108. The Hall–Kier alpha value is -3.07. The molecule has 0 N–H and O–H groups in total. The molecule has 5 rings (SSSR count). The van der Waals surface area contributed by atoms with Gasteiger partial charge in [-0.1, -0.05) is 53.5 Å². The van der Waals surface area contributed by atoms with Crippen LogP contribution in [0.4, 0.5) is 5.82 Å². The van der Waals surface area contributed by atoms with Crippen LogP contribution in [0.2, 0.25) is 10.0 Å². The third-order valence-corrected chi connectivity index (χ3v) is 7.83. The van der Waals surface area contributed by atoms with Gasteiger partial charge in [0.15, 0.2) is 5.03 Å². The maximum Gasteiger partial charge on any atom is 0.285 e. The van der Waals surface area contributed by atoms with E-state index in [1.54, 1.807) is 72.3 Å². The van der Waals surface area contributed by atoms with Gasteiger partial charge in [-0.25, -0.2) is 9.29 Å². The number of sulfonamides is 1. The van der Waals surface area contributed by atoms with Crippen LogP contribution in [0.5, 0.6) is 0 Å². The average molecular weight is 501 g/mol. The first-order valence-corrected chi connectivity index (χ1v) is 12.2. The first kappa shape index (κ1) is 21.8. The molecule has 0 spiro atoms. The van der Waals surface area contributed by atoms with Crippen molar-refractivity contribution in [1.29, 1.82) is 0 Å². The maximum absolute atomic E-state index is 13.9. The van der Waals surface area contributed by atoms with Crippen LogP contribution < -0.4 is 9.86 Å². The molecule has 0 amide bonds. The molecule has 0 aliphatic carbocycles. The van der Waals surface area contributed by atoms with Crippen LogP contribution in [0.15, 0.2) is 89.1 Å². The van der Waals surface area contributed by atoms with E-state index in [4.69, 9.17) is 23.2 Å². The van der Waals surface area contributed by atoms with E-state index in [0.717, 1.165) is 5.56 Å². The molecular formula is C23H18Cl2N4O3S. The fourth-order valence-electron chi connectivity index (χ4n) is 4.23. The number of imidazole rings is 1. The van der Waals surface area contributed by atoms with Crippen LogP contribution in [-0.4, -0.2) is 22.5 Å². The van der Waals surface area contributed by atoms with E-state index < -0.39 is 22.1 Å². The number of hydrogen-bond acceptors (Lipinski definition) is 4. The summed E-state index contributed by atoms with van der Waals surface area (Å²) in [5.41, 5.74) is 1.11. The number of hydrogen-bond donors (Lipinski definition) is 0. The zero-order valence-corrected chi connectivity index (χ0v) is 19.7.